The summed E-state index contributed by atoms with van der Waals surface area (Å²) in [6.45, 7) is 1.63. The fraction of sp³-hybridized carbons (Fsp3) is 0.900. The van der Waals surface area contributed by atoms with E-state index in [9.17, 15) is 0 Å². The first-order valence-electron chi connectivity index (χ1n) is 5.32. The molecule has 0 bridgehead atoms. The van der Waals surface area contributed by atoms with Gasteiger partial charge in [-0.15, -0.1) is 0 Å². The van der Waals surface area contributed by atoms with Gasteiger partial charge in [-0.25, -0.2) is 0 Å². The Kier molecular flexibility index (Phi) is 5.90. The molecule has 1 fully saturated rings. The van der Waals surface area contributed by atoms with Crippen molar-refractivity contribution in [3.63, 3.8) is 0 Å². The minimum atomic E-state index is 0.416. The third-order valence-corrected chi connectivity index (χ3v) is 2.84. The Hall–Kier alpha value is -0.390. The zero-order chi connectivity index (χ0) is 11.1. The van der Waals surface area contributed by atoms with Crippen molar-refractivity contribution in [3.8, 4) is 0 Å². The smallest absolute Gasteiger partial charge is 0.166 e. The first-order valence-corrected chi connectivity index (χ1v) is 5.73. The maximum absolute atomic E-state index is 5.19. The molecule has 0 aromatic rings. The van der Waals surface area contributed by atoms with E-state index < -0.39 is 0 Å². The Morgan fingerprint density at radius 1 is 1.40 bits per heavy atom. The largest absolute Gasteiger partial charge is 0.385 e. The lowest BCUT2D eigenvalue weighted by Crippen LogP contribution is -2.50. The lowest BCUT2D eigenvalue weighted by Gasteiger charge is -2.35. The predicted octanol–water partition coefficient (Wildman–Crippen LogP) is 0.664. The molecule has 4 nitrogen and oxygen atoms in total. The van der Waals surface area contributed by atoms with Gasteiger partial charge in [-0.05, 0) is 31.5 Å². The Morgan fingerprint density at radius 2 is 2.13 bits per heavy atom. The molecular weight excluding hydrogens is 212 g/mol. The first-order chi connectivity index (χ1) is 7.26. The Morgan fingerprint density at radius 3 is 2.73 bits per heavy atom. The average Bonchev–Trinajstić information content (AvgIpc) is 2.17. The third kappa shape index (κ3) is 4.77. The molecule has 0 aromatic carbocycles. The number of rotatable bonds is 6. The molecule has 1 aliphatic rings. The molecule has 1 saturated carbocycles. The van der Waals surface area contributed by atoms with E-state index in [1.165, 1.54) is 0 Å². The molecule has 0 saturated heterocycles. The van der Waals surface area contributed by atoms with Crippen LogP contribution in [0, 0.1) is 0 Å². The van der Waals surface area contributed by atoms with Gasteiger partial charge in [0.15, 0.2) is 5.11 Å². The number of hydrogen-bond acceptors (Lipinski definition) is 3. The number of methoxy groups -OCH3 is 2. The van der Waals surface area contributed by atoms with Crippen LogP contribution in [-0.2, 0) is 9.47 Å². The van der Waals surface area contributed by atoms with E-state index in [-0.39, 0.29) is 0 Å². The van der Waals surface area contributed by atoms with Gasteiger partial charge in [-0.3, -0.25) is 0 Å². The molecular formula is C10H20N2O2S. The second-order valence-electron chi connectivity index (χ2n) is 3.77. The van der Waals surface area contributed by atoms with Crippen molar-refractivity contribution in [2.75, 3.05) is 27.4 Å². The molecule has 1 aliphatic carbocycles. The lowest BCUT2D eigenvalue weighted by atomic mass is 9.89. The van der Waals surface area contributed by atoms with E-state index >= 15 is 0 Å². The van der Waals surface area contributed by atoms with Crippen LogP contribution in [0.2, 0.25) is 0 Å². The SMILES string of the molecule is COCCCNC(=S)NC1CC(OC)C1. The fourth-order valence-electron chi connectivity index (χ4n) is 1.53. The zero-order valence-electron chi connectivity index (χ0n) is 9.41. The predicted molar refractivity (Wildman–Crippen MR) is 64.0 cm³/mol. The highest BCUT2D eigenvalue weighted by Crippen LogP contribution is 2.22. The van der Waals surface area contributed by atoms with Crippen LogP contribution in [0.1, 0.15) is 19.3 Å². The van der Waals surface area contributed by atoms with Crippen LogP contribution in [0.4, 0.5) is 0 Å². The quantitative estimate of drug-likeness (QED) is 0.520. The fourth-order valence-corrected chi connectivity index (χ4v) is 1.80. The minimum Gasteiger partial charge on any atom is -0.385 e. The van der Waals surface area contributed by atoms with Crippen molar-refractivity contribution in [1.82, 2.24) is 10.6 Å². The molecule has 5 heteroatoms. The third-order valence-electron chi connectivity index (χ3n) is 2.57. The molecule has 0 aromatic heterocycles. The van der Waals surface area contributed by atoms with E-state index in [2.05, 4.69) is 10.6 Å². The maximum Gasteiger partial charge on any atom is 0.166 e. The summed E-state index contributed by atoms with van der Waals surface area (Å²) in [4.78, 5) is 0. The van der Waals surface area contributed by atoms with E-state index in [1.807, 2.05) is 0 Å². The molecule has 88 valence electrons. The van der Waals surface area contributed by atoms with Crippen LogP contribution in [0.15, 0.2) is 0 Å². The number of thiocarbonyl (C=S) groups is 1. The normalized spacial score (nSPS) is 24.4. The first kappa shape index (κ1) is 12.7. The Balaban J connectivity index is 1.95. The summed E-state index contributed by atoms with van der Waals surface area (Å²) in [7, 11) is 3.46. The summed E-state index contributed by atoms with van der Waals surface area (Å²) in [6, 6.07) is 0.484. The van der Waals surface area contributed by atoms with E-state index in [0.717, 1.165) is 37.5 Å². The van der Waals surface area contributed by atoms with Gasteiger partial charge in [-0.2, -0.15) is 0 Å². The molecule has 0 heterocycles. The van der Waals surface area contributed by atoms with Crippen molar-refractivity contribution in [1.29, 1.82) is 0 Å². The van der Waals surface area contributed by atoms with Gasteiger partial charge in [0.05, 0.1) is 6.10 Å². The van der Waals surface area contributed by atoms with Crippen LogP contribution < -0.4 is 10.6 Å². The highest BCUT2D eigenvalue weighted by Gasteiger charge is 2.29. The van der Waals surface area contributed by atoms with Crippen LogP contribution in [0.3, 0.4) is 0 Å². The molecule has 15 heavy (non-hydrogen) atoms. The average molecular weight is 232 g/mol. The van der Waals surface area contributed by atoms with Gasteiger partial charge in [-0.1, -0.05) is 0 Å². The molecule has 0 aliphatic heterocycles. The summed E-state index contributed by atoms with van der Waals surface area (Å²) >= 11 is 5.15. The van der Waals surface area contributed by atoms with Crippen LogP contribution >= 0.6 is 12.2 Å². The van der Waals surface area contributed by atoms with Crippen LogP contribution in [0.25, 0.3) is 0 Å². The summed E-state index contributed by atoms with van der Waals surface area (Å²) in [5.41, 5.74) is 0. The molecule has 2 N–H and O–H groups in total. The second kappa shape index (κ2) is 6.98. The second-order valence-corrected chi connectivity index (χ2v) is 4.18. The molecule has 0 atom stereocenters. The van der Waals surface area contributed by atoms with Crippen molar-refractivity contribution in [2.24, 2.45) is 0 Å². The van der Waals surface area contributed by atoms with Crippen molar-refractivity contribution in [3.05, 3.63) is 0 Å². The molecule has 1 rings (SSSR count). The van der Waals surface area contributed by atoms with Gasteiger partial charge in [0.1, 0.15) is 0 Å². The molecule has 0 unspecified atom stereocenters. The molecule has 0 amide bonds. The number of hydrogen-bond donors (Lipinski definition) is 2. The van der Waals surface area contributed by atoms with E-state index in [4.69, 9.17) is 21.7 Å². The molecule has 0 radical (unpaired) electrons. The number of ether oxygens (including phenoxy) is 2. The topological polar surface area (TPSA) is 42.5 Å². The Labute approximate surface area is 96.7 Å². The van der Waals surface area contributed by atoms with Crippen molar-refractivity contribution in [2.45, 2.75) is 31.4 Å². The van der Waals surface area contributed by atoms with Crippen molar-refractivity contribution >= 4 is 17.3 Å². The Bertz CT molecular complexity index is 196. The van der Waals surface area contributed by atoms with Gasteiger partial charge in [0.2, 0.25) is 0 Å². The monoisotopic (exact) mass is 232 g/mol. The van der Waals surface area contributed by atoms with Gasteiger partial charge in [0.25, 0.3) is 0 Å². The van der Waals surface area contributed by atoms with E-state index in [0.29, 0.717) is 12.1 Å². The molecule has 0 spiro atoms. The summed E-state index contributed by atoms with van der Waals surface area (Å²) in [6.07, 6.45) is 3.50. The lowest BCUT2D eigenvalue weighted by molar-refractivity contribution is 0.0226. The summed E-state index contributed by atoms with van der Waals surface area (Å²) in [5, 5.41) is 7.15. The summed E-state index contributed by atoms with van der Waals surface area (Å²) in [5.74, 6) is 0. The van der Waals surface area contributed by atoms with Gasteiger partial charge < -0.3 is 20.1 Å². The van der Waals surface area contributed by atoms with Crippen molar-refractivity contribution < 1.29 is 9.47 Å². The van der Waals surface area contributed by atoms with Crippen LogP contribution in [0.5, 0.6) is 0 Å². The van der Waals surface area contributed by atoms with Gasteiger partial charge in [0, 0.05) is 33.4 Å². The van der Waals surface area contributed by atoms with Crippen LogP contribution in [-0.4, -0.2) is 44.6 Å². The summed E-state index contributed by atoms with van der Waals surface area (Å²) < 4.78 is 10.1. The standard InChI is InChI=1S/C10H20N2O2S/c1-13-5-3-4-11-10(15)12-8-6-9(7-8)14-2/h8-9H,3-7H2,1-2H3,(H2,11,12,15). The number of nitrogens with one attached hydrogen (secondary N) is 2. The highest BCUT2D eigenvalue weighted by atomic mass is 32.1. The maximum atomic E-state index is 5.19. The zero-order valence-corrected chi connectivity index (χ0v) is 10.2. The minimum absolute atomic E-state index is 0.416. The highest BCUT2D eigenvalue weighted by molar-refractivity contribution is 7.80. The van der Waals surface area contributed by atoms with E-state index in [1.54, 1.807) is 14.2 Å². The van der Waals surface area contributed by atoms with Gasteiger partial charge >= 0.3 is 0 Å².